The number of halogens is 3. The highest BCUT2D eigenvalue weighted by molar-refractivity contribution is 5.28. The average molecular weight is 289 g/mol. The van der Waals surface area contributed by atoms with Gasteiger partial charge >= 0.3 is 6.36 Å². The monoisotopic (exact) mass is 289 g/mol. The van der Waals surface area contributed by atoms with E-state index in [9.17, 15) is 18.3 Å². The van der Waals surface area contributed by atoms with Gasteiger partial charge in [0.05, 0.1) is 6.61 Å². The van der Waals surface area contributed by atoms with Crippen LogP contribution >= 0.6 is 0 Å². The zero-order valence-corrected chi connectivity index (χ0v) is 11.0. The fourth-order valence-corrected chi connectivity index (χ4v) is 2.61. The van der Waals surface area contributed by atoms with E-state index in [0.717, 1.165) is 31.5 Å². The summed E-state index contributed by atoms with van der Waals surface area (Å²) in [4.78, 5) is 0. The second kappa shape index (κ2) is 6.01. The number of piperidine rings is 1. The lowest BCUT2D eigenvalue weighted by Crippen LogP contribution is -2.44. The number of ether oxygens (including phenoxy) is 1. The largest absolute Gasteiger partial charge is 0.573 e. The molecule has 0 aromatic heterocycles. The minimum absolute atomic E-state index is 0.0702. The van der Waals surface area contributed by atoms with Gasteiger partial charge in [0, 0.05) is 12.0 Å². The predicted molar refractivity (Wildman–Crippen MR) is 68.5 cm³/mol. The first kappa shape index (κ1) is 15.1. The topological polar surface area (TPSA) is 41.5 Å². The lowest BCUT2D eigenvalue weighted by atomic mass is 9.76. The number of nitrogens with one attached hydrogen (secondary N) is 1. The van der Waals surface area contributed by atoms with Crippen LogP contribution in [0.5, 0.6) is 5.75 Å². The van der Waals surface area contributed by atoms with E-state index in [1.165, 1.54) is 12.1 Å². The van der Waals surface area contributed by atoms with Gasteiger partial charge in [-0.15, -0.1) is 13.2 Å². The molecule has 0 saturated carbocycles. The highest BCUT2D eigenvalue weighted by atomic mass is 19.4. The molecule has 0 amide bonds. The molecule has 0 radical (unpaired) electrons. The minimum Gasteiger partial charge on any atom is -0.406 e. The van der Waals surface area contributed by atoms with Gasteiger partial charge in [-0.1, -0.05) is 12.1 Å². The third-order valence-electron chi connectivity index (χ3n) is 3.63. The van der Waals surface area contributed by atoms with Gasteiger partial charge in [0.1, 0.15) is 5.75 Å². The predicted octanol–water partition coefficient (Wildman–Crippen LogP) is 2.49. The van der Waals surface area contributed by atoms with Crippen LogP contribution in [0.1, 0.15) is 18.4 Å². The summed E-state index contributed by atoms with van der Waals surface area (Å²) in [6, 6.07) is 5.86. The molecule has 6 heteroatoms. The van der Waals surface area contributed by atoms with Gasteiger partial charge in [0.2, 0.25) is 0 Å². The lowest BCUT2D eigenvalue weighted by molar-refractivity contribution is -0.274. The van der Waals surface area contributed by atoms with Gasteiger partial charge in [-0.3, -0.25) is 0 Å². The summed E-state index contributed by atoms with van der Waals surface area (Å²) in [5, 5.41) is 12.9. The Morgan fingerprint density at radius 3 is 2.45 bits per heavy atom. The van der Waals surface area contributed by atoms with Crippen molar-refractivity contribution in [1.82, 2.24) is 5.32 Å². The van der Waals surface area contributed by atoms with Crippen LogP contribution in [0, 0.1) is 5.41 Å². The van der Waals surface area contributed by atoms with Crippen LogP contribution in [0.4, 0.5) is 13.2 Å². The fraction of sp³-hybridized carbons (Fsp3) is 0.571. The Morgan fingerprint density at radius 1 is 1.25 bits per heavy atom. The third kappa shape index (κ3) is 4.11. The molecule has 0 aliphatic carbocycles. The molecule has 1 saturated heterocycles. The zero-order chi connectivity index (χ0) is 14.6. The highest BCUT2D eigenvalue weighted by Gasteiger charge is 2.32. The van der Waals surface area contributed by atoms with E-state index in [4.69, 9.17) is 0 Å². The van der Waals surface area contributed by atoms with E-state index in [2.05, 4.69) is 10.1 Å². The van der Waals surface area contributed by atoms with E-state index in [1.54, 1.807) is 12.1 Å². The number of rotatable bonds is 4. The Hall–Kier alpha value is -1.27. The van der Waals surface area contributed by atoms with Crippen molar-refractivity contribution in [2.75, 3.05) is 19.7 Å². The number of hydrogen-bond donors (Lipinski definition) is 2. The molecule has 0 spiro atoms. The smallest absolute Gasteiger partial charge is 0.406 e. The standard InChI is InChI=1S/C14H18F3NO2/c15-14(16,17)20-12-4-2-11(3-5-12)8-13(10-19)6-1-7-18-9-13/h2-5,18-19H,1,6-10H2. The number of hydrogen-bond acceptors (Lipinski definition) is 3. The van der Waals surface area contributed by atoms with Gasteiger partial charge in [-0.25, -0.2) is 0 Å². The van der Waals surface area contributed by atoms with E-state index >= 15 is 0 Å². The van der Waals surface area contributed by atoms with Gasteiger partial charge in [-0.05, 0) is 43.5 Å². The first-order valence-electron chi connectivity index (χ1n) is 6.59. The molecule has 3 nitrogen and oxygen atoms in total. The molecule has 1 aliphatic rings. The third-order valence-corrected chi connectivity index (χ3v) is 3.63. The summed E-state index contributed by atoms with van der Waals surface area (Å²) in [5.74, 6) is -0.221. The second-order valence-corrected chi connectivity index (χ2v) is 5.31. The Balaban J connectivity index is 2.02. The minimum atomic E-state index is -4.67. The van der Waals surface area contributed by atoms with Gasteiger partial charge in [-0.2, -0.15) is 0 Å². The lowest BCUT2D eigenvalue weighted by Gasteiger charge is -2.36. The second-order valence-electron chi connectivity index (χ2n) is 5.31. The van der Waals surface area contributed by atoms with Crippen molar-refractivity contribution < 1.29 is 23.0 Å². The van der Waals surface area contributed by atoms with Gasteiger partial charge in [0.15, 0.2) is 0 Å². The Kier molecular flexibility index (Phi) is 4.55. The first-order valence-corrected chi connectivity index (χ1v) is 6.59. The summed E-state index contributed by atoms with van der Waals surface area (Å²) < 4.78 is 40.0. The SMILES string of the molecule is OCC1(Cc2ccc(OC(F)(F)F)cc2)CCCNC1. The Labute approximate surface area is 115 Å². The van der Waals surface area contributed by atoms with Crippen LogP contribution in [0.25, 0.3) is 0 Å². The van der Waals surface area contributed by atoms with Crippen molar-refractivity contribution in [1.29, 1.82) is 0 Å². The Morgan fingerprint density at radius 2 is 1.95 bits per heavy atom. The molecule has 1 aliphatic heterocycles. The normalized spacial score (nSPS) is 23.6. The molecular formula is C14H18F3NO2. The summed E-state index contributed by atoms with van der Waals surface area (Å²) in [7, 11) is 0. The van der Waals surface area contributed by atoms with Crippen LogP contribution in [-0.2, 0) is 6.42 Å². The molecule has 1 heterocycles. The zero-order valence-electron chi connectivity index (χ0n) is 11.0. The van der Waals surface area contributed by atoms with Crippen LogP contribution < -0.4 is 10.1 Å². The summed E-state index contributed by atoms with van der Waals surface area (Å²) >= 11 is 0. The van der Waals surface area contributed by atoms with E-state index < -0.39 is 6.36 Å². The van der Waals surface area contributed by atoms with Crippen molar-refractivity contribution in [2.45, 2.75) is 25.6 Å². The summed E-state index contributed by atoms with van der Waals surface area (Å²) in [5.41, 5.74) is 0.683. The van der Waals surface area contributed by atoms with Crippen molar-refractivity contribution >= 4 is 0 Å². The van der Waals surface area contributed by atoms with Crippen molar-refractivity contribution in [2.24, 2.45) is 5.41 Å². The maximum Gasteiger partial charge on any atom is 0.573 e. The molecule has 0 bridgehead atoms. The summed E-state index contributed by atoms with van der Waals surface area (Å²) in [6.07, 6.45) is -2.11. The molecule has 1 unspecified atom stereocenters. The van der Waals surface area contributed by atoms with Gasteiger partial charge < -0.3 is 15.2 Å². The van der Waals surface area contributed by atoms with Crippen molar-refractivity contribution in [3.05, 3.63) is 29.8 Å². The molecule has 112 valence electrons. The number of benzene rings is 1. The van der Waals surface area contributed by atoms with Crippen LogP contribution in [0.2, 0.25) is 0 Å². The van der Waals surface area contributed by atoms with E-state index in [-0.39, 0.29) is 17.8 Å². The molecule has 1 fully saturated rings. The van der Waals surface area contributed by atoms with Gasteiger partial charge in [0.25, 0.3) is 0 Å². The number of aliphatic hydroxyl groups excluding tert-OH is 1. The highest BCUT2D eigenvalue weighted by Crippen LogP contribution is 2.31. The Bertz CT molecular complexity index is 425. The molecule has 1 aromatic carbocycles. The molecule has 1 aromatic rings. The molecule has 2 N–H and O–H groups in total. The average Bonchev–Trinajstić information content (AvgIpc) is 2.40. The van der Waals surface area contributed by atoms with Crippen LogP contribution in [-0.4, -0.2) is 31.2 Å². The first-order chi connectivity index (χ1) is 9.42. The maximum absolute atomic E-state index is 12.1. The molecule has 1 atom stereocenters. The molecular weight excluding hydrogens is 271 g/mol. The van der Waals surface area contributed by atoms with Crippen LogP contribution in [0.3, 0.4) is 0 Å². The quantitative estimate of drug-likeness (QED) is 0.895. The fourth-order valence-electron chi connectivity index (χ4n) is 2.61. The summed E-state index contributed by atoms with van der Waals surface area (Å²) in [6.45, 7) is 1.74. The van der Waals surface area contributed by atoms with E-state index in [1.807, 2.05) is 0 Å². The molecule has 2 rings (SSSR count). The number of aliphatic hydroxyl groups is 1. The van der Waals surface area contributed by atoms with Crippen LogP contribution in [0.15, 0.2) is 24.3 Å². The van der Waals surface area contributed by atoms with Crippen molar-refractivity contribution in [3.8, 4) is 5.75 Å². The number of alkyl halides is 3. The molecule has 20 heavy (non-hydrogen) atoms. The maximum atomic E-state index is 12.1. The van der Waals surface area contributed by atoms with Crippen molar-refractivity contribution in [3.63, 3.8) is 0 Å². The van der Waals surface area contributed by atoms with E-state index in [0.29, 0.717) is 6.42 Å².